The maximum Gasteiger partial charge on any atom is 0.0993 e. The highest BCUT2D eigenvalue weighted by molar-refractivity contribution is 5.01. The molecule has 1 rings (SSSR count). The lowest BCUT2D eigenvalue weighted by Gasteiger charge is -2.19. The Kier molecular flexibility index (Phi) is 3.60. The van der Waals surface area contributed by atoms with E-state index in [9.17, 15) is 15.3 Å². The van der Waals surface area contributed by atoms with E-state index in [0.29, 0.717) is 0 Å². The molecule has 7 N–H and O–H groups in total. The van der Waals surface area contributed by atoms with Gasteiger partial charge in [0.05, 0.1) is 31.0 Å². The summed E-state index contributed by atoms with van der Waals surface area (Å²) in [6.07, 6.45) is -3.16. The van der Waals surface area contributed by atoms with Crippen molar-refractivity contribution >= 4 is 0 Å². The lowest BCUT2D eigenvalue weighted by Crippen LogP contribution is -2.46. The number of nitrogens with one attached hydrogen (secondary N) is 1. The Morgan fingerprint density at radius 3 is 2.31 bits per heavy atom. The van der Waals surface area contributed by atoms with Gasteiger partial charge in [-0.05, 0) is 0 Å². The number of hydrogen-bond acceptors (Lipinski definition) is 6. The van der Waals surface area contributed by atoms with Crippen molar-refractivity contribution in [2.45, 2.75) is 30.4 Å². The molecule has 0 amide bonds. The van der Waals surface area contributed by atoms with E-state index in [1.165, 1.54) is 0 Å². The number of aliphatic hydroxyl groups is 4. The fraction of sp³-hybridized carbons (Fsp3) is 1.00. The van der Waals surface area contributed by atoms with Crippen LogP contribution in [-0.4, -0.2) is 64.0 Å². The summed E-state index contributed by atoms with van der Waals surface area (Å²) in [7, 11) is 0. The lowest BCUT2D eigenvalue weighted by atomic mass is 10.0. The Balaban J connectivity index is 2.60. The summed E-state index contributed by atoms with van der Waals surface area (Å²) in [6.45, 7) is -0.286. The highest BCUT2D eigenvalue weighted by Crippen LogP contribution is 2.16. The van der Waals surface area contributed by atoms with E-state index in [1.807, 2.05) is 0 Å². The zero-order valence-electron chi connectivity index (χ0n) is 7.17. The van der Waals surface area contributed by atoms with Gasteiger partial charge in [0, 0.05) is 12.6 Å². The first-order valence-electron chi connectivity index (χ1n) is 4.23. The molecule has 1 heterocycles. The smallest absolute Gasteiger partial charge is 0.0993 e. The van der Waals surface area contributed by atoms with Crippen LogP contribution in [-0.2, 0) is 0 Å². The summed E-state index contributed by atoms with van der Waals surface area (Å²) in [5.41, 5.74) is 5.31. The minimum Gasteiger partial charge on any atom is -0.394 e. The highest BCUT2D eigenvalue weighted by Gasteiger charge is 2.43. The first-order chi connectivity index (χ1) is 6.11. The van der Waals surface area contributed by atoms with Crippen molar-refractivity contribution < 1.29 is 20.4 Å². The standard InChI is InChI=1S/C7H16N2O4/c8-1-3-6(12)7(13)5(9-3)4(11)2-10/h3-7,9-13H,1-2,8H2/t3-,4-,5+,6+,7+/m1/s1. The van der Waals surface area contributed by atoms with Crippen molar-refractivity contribution in [3.8, 4) is 0 Å². The van der Waals surface area contributed by atoms with Crippen molar-refractivity contribution in [3.63, 3.8) is 0 Å². The molecule has 0 unspecified atom stereocenters. The predicted octanol–water partition coefficient (Wildman–Crippen LogP) is -3.64. The summed E-state index contributed by atoms with van der Waals surface area (Å²) in [4.78, 5) is 0. The van der Waals surface area contributed by atoms with Crippen LogP contribution in [0.25, 0.3) is 0 Å². The van der Waals surface area contributed by atoms with Crippen molar-refractivity contribution in [2.24, 2.45) is 5.73 Å². The second kappa shape index (κ2) is 4.32. The number of aliphatic hydroxyl groups excluding tert-OH is 4. The average molecular weight is 192 g/mol. The van der Waals surface area contributed by atoms with Gasteiger partial charge in [-0.15, -0.1) is 0 Å². The minimum absolute atomic E-state index is 0.173. The van der Waals surface area contributed by atoms with Crippen molar-refractivity contribution in [2.75, 3.05) is 13.2 Å². The number of rotatable bonds is 3. The molecule has 0 aliphatic carbocycles. The van der Waals surface area contributed by atoms with Gasteiger partial charge in [-0.25, -0.2) is 0 Å². The molecule has 0 radical (unpaired) electrons. The minimum atomic E-state index is -1.09. The van der Waals surface area contributed by atoms with Crippen molar-refractivity contribution in [1.82, 2.24) is 5.32 Å². The molecule has 1 aliphatic rings. The van der Waals surface area contributed by atoms with Gasteiger partial charge >= 0.3 is 0 Å². The quantitative estimate of drug-likeness (QED) is 0.274. The third-order valence-electron chi connectivity index (χ3n) is 2.39. The van der Waals surface area contributed by atoms with Gasteiger partial charge in [-0.2, -0.15) is 0 Å². The first-order valence-corrected chi connectivity index (χ1v) is 4.23. The fourth-order valence-corrected chi connectivity index (χ4v) is 1.55. The van der Waals surface area contributed by atoms with Gasteiger partial charge in [0.1, 0.15) is 0 Å². The predicted molar refractivity (Wildman–Crippen MR) is 44.9 cm³/mol. The monoisotopic (exact) mass is 192 g/mol. The van der Waals surface area contributed by atoms with Gasteiger partial charge < -0.3 is 31.5 Å². The highest BCUT2D eigenvalue weighted by atomic mass is 16.3. The summed E-state index contributed by atoms with van der Waals surface area (Å²) in [5.74, 6) is 0. The van der Waals surface area contributed by atoms with E-state index in [0.717, 1.165) is 0 Å². The Labute approximate surface area is 76.0 Å². The Morgan fingerprint density at radius 2 is 1.92 bits per heavy atom. The maximum atomic E-state index is 9.42. The molecule has 5 atom stereocenters. The summed E-state index contributed by atoms with van der Waals surface area (Å²) in [6, 6.07) is -1.14. The molecule has 6 heteroatoms. The molecular weight excluding hydrogens is 176 g/mol. The van der Waals surface area contributed by atoms with Crippen LogP contribution in [0.15, 0.2) is 0 Å². The fourth-order valence-electron chi connectivity index (χ4n) is 1.55. The molecule has 78 valence electrons. The third-order valence-corrected chi connectivity index (χ3v) is 2.39. The molecule has 0 spiro atoms. The molecule has 0 saturated carbocycles. The third kappa shape index (κ3) is 1.98. The van der Waals surface area contributed by atoms with Crippen LogP contribution in [0, 0.1) is 0 Å². The zero-order valence-corrected chi connectivity index (χ0v) is 7.17. The number of hydrogen-bond donors (Lipinski definition) is 6. The second-order valence-corrected chi connectivity index (χ2v) is 3.27. The largest absolute Gasteiger partial charge is 0.394 e. The molecule has 0 aromatic rings. The van der Waals surface area contributed by atoms with Crippen LogP contribution in [0.4, 0.5) is 0 Å². The van der Waals surface area contributed by atoms with Crippen LogP contribution in [0.2, 0.25) is 0 Å². The lowest BCUT2D eigenvalue weighted by molar-refractivity contribution is -0.0126. The van der Waals surface area contributed by atoms with Crippen molar-refractivity contribution in [1.29, 1.82) is 0 Å². The second-order valence-electron chi connectivity index (χ2n) is 3.27. The number of nitrogens with two attached hydrogens (primary N) is 1. The summed E-state index contributed by atoms with van der Waals surface area (Å²) in [5, 5.41) is 39.4. The zero-order chi connectivity index (χ0) is 10.0. The molecule has 1 fully saturated rings. The molecule has 1 saturated heterocycles. The van der Waals surface area contributed by atoms with Gasteiger partial charge in [0.25, 0.3) is 0 Å². The van der Waals surface area contributed by atoms with E-state index in [1.54, 1.807) is 0 Å². The molecule has 0 aromatic carbocycles. The topological polar surface area (TPSA) is 119 Å². The maximum absolute atomic E-state index is 9.42. The van der Waals surface area contributed by atoms with E-state index < -0.39 is 37.0 Å². The SMILES string of the molecule is NC[C@H]1N[C@@H]([C@H](O)CO)[C@H](O)[C@H]1O. The van der Waals surface area contributed by atoms with Crippen LogP contribution < -0.4 is 11.1 Å². The molecule has 1 aliphatic heterocycles. The van der Waals surface area contributed by atoms with Gasteiger partial charge in [-0.3, -0.25) is 0 Å². The van der Waals surface area contributed by atoms with Crippen LogP contribution in [0.1, 0.15) is 0 Å². The normalized spacial score (nSPS) is 42.2. The average Bonchev–Trinajstić information content (AvgIpc) is 2.43. The Bertz CT molecular complexity index is 169. The van der Waals surface area contributed by atoms with Crippen LogP contribution in [0.3, 0.4) is 0 Å². The van der Waals surface area contributed by atoms with E-state index in [-0.39, 0.29) is 6.54 Å². The van der Waals surface area contributed by atoms with Gasteiger partial charge in [-0.1, -0.05) is 0 Å². The molecule has 0 aromatic heterocycles. The van der Waals surface area contributed by atoms with E-state index in [2.05, 4.69) is 5.32 Å². The molecule has 0 bridgehead atoms. The van der Waals surface area contributed by atoms with Gasteiger partial charge in [0.2, 0.25) is 0 Å². The first kappa shape index (κ1) is 10.8. The molecule has 6 nitrogen and oxygen atoms in total. The summed E-state index contributed by atoms with van der Waals surface area (Å²) >= 11 is 0. The van der Waals surface area contributed by atoms with Gasteiger partial charge in [0.15, 0.2) is 0 Å². The van der Waals surface area contributed by atoms with E-state index >= 15 is 0 Å². The molecular formula is C7H16N2O4. The van der Waals surface area contributed by atoms with Crippen LogP contribution in [0.5, 0.6) is 0 Å². The van der Waals surface area contributed by atoms with Crippen LogP contribution >= 0.6 is 0 Å². The van der Waals surface area contributed by atoms with E-state index in [4.69, 9.17) is 10.8 Å². The Morgan fingerprint density at radius 1 is 1.31 bits per heavy atom. The molecule has 13 heavy (non-hydrogen) atoms. The van der Waals surface area contributed by atoms with Crippen molar-refractivity contribution in [3.05, 3.63) is 0 Å². The summed E-state index contributed by atoms with van der Waals surface area (Å²) < 4.78 is 0. The Hall–Kier alpha value is -0.240.